The van der Waals surface area contributed by atoms with Gasteiger partial charge in [0.15, 0.2) is 0 Å². The number of ketones is 1. The molecule has 1 unspecified atom stereocenters. The van der Waals surface area contributed by atoms with Gasteiger partial charge in [-0.2, -0.15) is 5.10 Å². The van der Waals surface area contributed by atoms with E-state index < -0.39 is 0 Å². The minimum absolute atomic E-state index is 0.175. The number of carbonyl (C=O) groups excluding carboxylic acids is 1. The first-order valence-corrected chi connectivity index (χ1v) is 9.67. The number of rotatable bonds is 4. The van der Waals surface area contributed by atoms with E-state index in [-0.39, 0.29) is 5.92 Å². The summed E-state index contributed by atoms with van der Waals surface area (Å²) in [6.07, 6.45) is 9.27. The van der Waals surface area contributed by atoms with E-state index in [1.54, 1.807) is 4.68 Å². The van der Waals surface area contributed by atoms with Crippen molar-refractivity contribution < 1.29 is 4.79 Å². The second kappa shape index (κ2) is 7.61. The van der Waals surface area contributed by atoms with Crippen molar-refractivity contribution >= 4 is 16.6 Å². The molecule has 0 spiro atoms. The summed E-state index contributed by atoms with van der Waals surface area (Å²) in [5.41, 5.74) is 3.09. The monoisotopic (exact) mass is 362 g/mol. The van der Waals surface area contributed by atoms with Crippen molar-refractivity contribution in [3.05, 3.63) is 48.5 Å². The minimum atomic E-state index is 0.175. The van der Waals surface area contributed by atoms with Crippen molar-refractivity contribution in [2.45, 2.75) is 25.7 Å². The van der Waals surface area contributed by atoms with Crippen molar-refractivity contribution in [3.8, 4) is 11.1 Å². The molecule has 5 heteroatoms. The normalized spacial score (nSPS) is 18.5. The minimum Gasteiger partial charge on any atom is -0.306 e. The third-order valence-corrected chi connectivity index (χ3v) is 5.58. The molecule has 0 saturated carbocycles. The maximum atomic E-state index is 12.8. The zero-order chi connectivity index (χ0) is 18.8. The van der Waals surface area contributed by atoms with Crippen molar-refractivity contribution in [2.75, 3.05) is 20.1 Å². The van der Waals surface area contributed by atoms with Gasteiger partial charge < -0.3 is 4.90 Å². The van der Waals surface area contributed by atoms with E-state index in [2.05, 4.69) is 46.3 Å². The number of aromatic nitrogens is 3. The molecule has 0 radical (unpaired) electrons. The Kier molecular flexibility index (Phi) is 5.03. The van der Waals surface area contributed by atoms with Gasteiger partial charge in [0, 0.05) is 48.4 Å². The Morgan fingerprint density at radius 2 is 1.96 bits per heavy atom. The number of fused-ring (bicyclic) bond motifs is 1. The Bertz CT molecular complexity index is 962. The van der Waals surface area contributed by atoms with Crippen LogP contribution in [0.25, 0.3) is 21.9 Å². The summed E-state index contributed by atoms with van der Waals surface area (Å²) in [5.74, 6) is 0.509. The van der Waals surface area contributed by atoms with E-state index in [9.17, 15) is 4.79 Å². The molecule has 140 valence electrons. The summed E-state index contributed by atoms with van der Waals surface area (Å²) in [7, 11) is 4.06. The van der Waals surface area contributed by atoms with Gasteiger partial charge in [0.25, 0.3) is 0 Å². The van der Waals surface area contributed by atoms with Crippen LogP contribution >= 0.6 is 0 Å². The Labute approximate surface area is 160 Å². The second-order valence-electron chi connectivity index (χ2n) is 7.71. The second-order valence-corrected chi connectivity index (χ2v) is 7.71. The number of carbonyl (C=O) groups is 1. The fourth-order valence-electron chi connectivity index (χ4n) is 3.92. The SMILES string of the molecule is CN1CCCC(C(=O)Cc2cc3cc(-c4cnn(C)c4)ccc3cn2)CC1. The predicted octanol–water partition coefficient (Wildman–Crippen LogP) is 3.48. The van der Waals surface area contributed by atoms with Gasteiger partial charge in [0.05, 0.1) is 6.20 Å². The van der Waals surface area contributed by atoms with Crippen LogP contribution in [-0.2, 0) is 18.3 Å². The predicted molar refractivity (Wildman–Crippen MR) is 107 cm³/mol. The van der Waals surface area contributed by atoms with Crippen LogP contribution in [0.1, 0.15) is 25.0 Å². The van der Waals surface area contributed by atoms with Gasteiger partial charge in [0.2, 0.25) is 0 Å². The molecule has 3 aromatic rings. The molecular weight excluding hydrogens is 336 g/mol. The van der Waals surface area contributed by atoms with Crippen molar-refractivity contribution in [3.63, 3.8) is 0 Å². The Balaban J connectivity index is 1.54. The van der Waals surface area contributed by atoms with E-state index in [4.69, 9.17) is 0 Å². The first-order chi connectivity index (χ1) is 13.1. The molecule has 3 heterocycles. The van der Waals surface area contributed by atoms with E-state index in [1.807, 2.05) is 25.6 Å². The number of likely N-dealkylation sites (tertiary alicyclic amines) is 1. The van der Waals surface area contributed by atoms with Crippen molar-refractivity contribution in [1.29, 1.82) is 0 Å². The lowest BCUT2D eigenvalue weighted by atomic mass is 9.92. The lowest BCUT2D eigenvalue weighted by Gasteiger charge is -2.14. The standard InChI is InChI=1S/C22H26N4O/c1-25-8-3-4-16(7-9-25)22(27)12-21-11-19-10-17(5-6-18(19)13-23-21)20-14-24-26(2)15-20/h5-6,10-11,13-16H,3-4,7-9,12H2,1-2H3. The molecule has 0 bridgehead atoms. The third-order valence-electron chi connectivity index (χ3n) is 5.58. The molecule has 2 aromatic heterocycles. The zero-order valence-corrected chi connectivity index (χ0v) is 16.1. The summed E-state index contributed by atoms with van der Waals surface area (Å²) < 4.78 is 1.81. The molecule has 1 aliphatic rings. The highest BCUT2D eigenvalue weighted by Gasteiger charge is 2.22. The van der Waals surface area contributed by atoms with Crippen LogP contribution in [-0.4, -0.2) is 45.6 Å². The number of Topliss-reactive ketones (excluding diaryl/α,β-unsaturated/α-hetero) is 1. The molecule has 1 aromatic carbocycles. The molecule has 0 N–H and O–H groups in total. The maximum Gasteiger partial charge on any atom is 0.141 e. The summed E-state index contributed by atoms with van der Waals surface area (Å²) >= 11 is 0. The van der Waals surface area contributed by atoms with Gasteiger partial charge in [0.1, 0.15) is 5.78 Å². The molecule has 4 rings (SSSR count). The molecular formula is C22H26N4O. The van der Waals surface area contributed by atoms with Crippen LogP contribution in [0.4, 0.5) is 0 Å². The summed E-state index contributed by atoms with van der Waals surface area (Å²) in [6.45, 7) is 2.10. The van der Waals surface area contributed by atoms with Gasteiger partial charge in [-0.05, 0) is 62.5 Å². The third kappa shape index (κ3) is 4.08. The Morgan fingerprint density at radius 1 is 1.07 bits per heavy atom. The number of pyridine rings is 1. The molecule has 1 saturated heterocycles. The number of aryl methyl sites for hydroxylation is 1. The van der Waals surface area contributed by atoms with E-state index in [0.717, 1.165) is 59.9 Å². The average Bonchev–Trinajstić information content (AvgIpc) is 2.98. The highest BCUT2D eigenvalue weighted by atomic mass is 16.1. The number of hydrogen-bond donors (Lipinski definition) is 0. The first kappa shape index (κ1) is 17.9. The Morgan fingerprint density at radius 3 is 2.78 bits per heavy atom. The van der Waals surface area contributed by atoms with Gasteiger partial charge in [-0.1, -0.05) is 12.1 Å². The maximum absolute atomic E-state index is 12.8. The van der Waals surface area contributed by atoms with Gasteiger partial charge in [-0.3, -0.25) is 14.5 Å². The lowest BCUT2D eigenvalue weighted by molar-refractivity contribution is -0.122. The molecule has 1 atom stereocenters. The fraction of sp³-hybridized carbons (Fsp3) is 0.409. The quantitative estimate of drug-likeness (QED) is 0.713. The van der Waals surface area contributed by atoms with Crippen molar-refractivity contribution in [1.82, 2.24) is 19.7 Å². The average molecular weight is 362 g/mol. The fourth-order valence-corrected chi connectivity index (χ4v) is 3.92. The van der Waals surface area contributed by atoms with Crippen LogP contribution < -0.4 is 0 Å². The molecule has 1 aliphatic heterocycles. The Hall–Kier alpha value is -2.53. The van der Waals surface area contributed by atoms with Gasteiger partial charge in [-0.15, -0.1) is 0 Å². The largest absolute Gasteiger partial charge is 0.306 e. The van der Waals surface area contributed by atoms with Gasteiger partial charge in [-0.25, -0.2) is 0 Å². The summed E-state index contributed by atoms with van der Waals surface area (Å²) in [4.78, 5) is 19.6. The highest BCUT2D eigenvalue weighted by molar-refractivity contribution is 5.88. The van der Waals surface area contributed by atoms with Crippen LogP contribution in [0.5, 0.6) is 0 Å². The number of nitrogens with zero attached hydrogens (tertiary/aromatic N) is 4. The smallest absolute Gasteiger partial charge is 0.141 e. The molecule has 0 aliphatic carbocycles. The van der Waals surface area contributed by atoms with Crippen LogP contribution in [0.3, 0.4) is 0 Å². The topological polar surface area (TPSA) is 51.0 Å². The van der Waals surface area contributed by atoms with Crippen LogP contribution in [0.2, 0.25) is 0 Å². The molecule has 0 amide bonds. The highest BCUT2D eigenvalue weighted by Crippen LogP contribution is 2.25. The summed E-state index contributed by atoms with van der Waals surface area (Å²) in [5, 5.41) is 6.46. The first-order valence-electron chi connectivity index (χ1n) is 9.67. The molecule has 1 fully saturated rings. The summed E-state index contributed by atoms with van der Waals surface area (Å²) in [6, 6.07) is 8.39. The lowest BCUT2D eigenvalue weighted by Crippen LogP contribution is -2.21. The van der Waals surface area contributed by atoms with Crippen LogP contribution in [0.15, 0.2) is 42.9 Å². The van der Waals surface area contributed by atoms with E-state index in [1.165, 1.54) is 0 Å². The zero-order valence-electron chi connectivity index (χ0n) is 16.1. The van der Waals surface area contributed by atoms with Gasteiger partial charge >= 0.3 is 0 Å². The number of benzene rings is 1. The number of hydrogen-bond acceptors (Lipinski definition) is 4. The molecule has 5 nitrogen and oxygen atoms in total. The van der Waals surface area contributed by atoms with E-state index in [0.29, 0.717) is 12.2 Å². The van der Waals surface area contributed by atoms with E-state index >= 15 is 0 Å². The molecule has 27 heavy (non-hydrogen) atoms. The van der Waals surface area contributed by atoms with Crippen LogP contribution in [0, 0.1) is 5.92 Å². The van der Waals surface area contributed by atoms with Crippen molar-refractivity contribution in [2.24, 2.45) is 13.0 Å².